The van der Waals surface area contributed by atoms with Gasteiger partial charge in [-0.15, -0.1) is 0 Å². The second-order valence-electron chi connectivity index (χ2n) is 12.6. The lowest BCUT2D eigenvalue weighted by Gasteiger charge is -2.16. The van der Waals surface area contributed by atoms with E-state index in [1.807, 2.05) is 68.4 Å². The minimum Gasteiger partial charge on any atom is -0.478 e. The minimum atomic E-state index is -0.879. The van der Waals surface area contributed by atoms with Gasteiger partial charge < -0.3 is 19.3 Å². The minimum absolute atomic E-state index is 0.00714. The lowest BCUT2D eigenvalue weighted by molar-refractivity contribution is 0.0253. The van der Waals surface area contributed by atoms with Gasteiger partial charge in [0.05, 0.1) is 28.4 Å². The van der Waals surface area contributed by atoms with Crippen LogP contribution in [-0.4, -0.2) is 47.3 Å². The molecule has 0 bridgehead atoms. The Morgan fingerprint density at radius 2 is 0.741 bits per heavy atom. The monoisotopic (exact) mass is 740 g/mol. The third kappa shape index (κ3) is 20.7. The number of benzene rings is 4. The molecule has 2 atom stereocenters. The standard InChI is InChI=1S/C14H20O2.C13H18O2.C12H16O2.C7H6O2/c1-3-8-13(9-4-2)16-14(15)12-10-6-5-7-11-12;1-3-8-12(4-2)15-13(14)11-9-6-5-7-10-11;1-3-7-10(2)14-12(13)11-8-5-4-6-9-11;8-7(9)6-4-2-1-3-5-6/h5-7,10-11,13H,3-4,8-9H2,1-2H3;5-7,9-10,12H,3-4,8H2,1-2H3;4-6,8-10H,3,7H2,1-2H3;1-5H,(H,8,9). The lowest BCUT2D eigenvalue weighted by Crippen LogP contribution is -2.18. The lowest BCUT2D eigenvalue weighted by atomic mass is 10.1. The van der Waals surface area contributed by atoms with Crippen molar-refractivity contribution in [2.45, 2.75) is 118 Å². The third-order valence-electron chi connectivity index (χ3n) is 7.89. The molecule has 54 heavy (non-hydrogen) atoms. The third-order valence-corrected chi connectivity index (χ3v) is 7.89. The zero-order chi connectivity index (χ0) is 40.0. The molecule has 2 unspecified atom stereocenters. The number of aromatic carboxylic acids is 1. The number of carbonyl (C=O) groups is 4. The van der Waals surface area contributed by atoms with E-state index in [1.54, 1.807) is 66.7 Å². The Balaban J connectivity index is 0.000000366. The van der Waals surface area contributed by atoms with E-state index in [2.05, 4.69) is 27.7 Å². The zero-order valence-corrected chi connectivity index (χ0v) is 32.9. The van der Waals surface area contributed by atoms with Crippen molar-refractivity contribution in [2.75, 3.05) is 0 Å². The average molecular weight is 741 g/mol. The first-order chi connectivity index (χ1) is 26.1. The van der Waals surface area contributed by atoms with E-state index < -0.39 is 5.97 Å². The van der Waals surface area contributed by atoms with E-state index in [4.69, 9.17) is 19.3 Å². The highest BCUT2D eigenvalue weighted by molar-refractivity contribution is 5.90. The summed E-state index contributed by atoms with van der Waals surface area (Å²) in [5, 5.41) is 8.38. The molecular weight excluding hydrogens is 680 g/mol. The molecule has 4 aromatic carbocycles. The number of rotatable bonds is 16. The van der Waals surface area contributed by atoms with Crippen LogP contribution in [0.1, 0.15) is 141 Å². The quantitative estimate of drug-likeness (QED) is 0.0891. The Morgan fingerprint density at radius 1 is 0.444 bits per heavy atom. The molecule has 8 heteroatoms. The summed E-state index contributed by atoms with van der Waals surface area (Å²) in [6.07, 6.45) is 8.94. The molecule has 0 radical (unpaired) electrons. The van der Waals surface area contributed by atoms with E-state index >= 15 is 0 Å². The van der Waals surface area contributed by atoms with Crippen molar-refractivity contribution in [2.24, 2.45) is 0 Å². The molecule has 1 N–H and O–H groups in total. The first-order valence-corrected chi connectivity index (χ1v) is 19.2. The van der Waals surface area contributed by atoms with Gasteiger partial charge in [-0.05, 0) is 87.6 Å². The van der Waals surface area contributed by atoms with Crippen LogP contribution in [0.2, 0.25) is 0 Å². The van der Waals surface area contributed by atoms with Gasteiger partial charge in [0.15, 0.2) is 0 Å². The summed E-state index contributed by atoms with van der Waals surface area (Å²) in [5.41, 5.74) is 2.22. The van der Waals surface area contributed by atoms with Crippen LogP contribution in [0.4, 0.5) is 0 Å². The van der Waals surface area contributed by atoms with E-state index in [1.165, 1.54) is 0 Å². The van der Waals surface area contributed by atoms with Crippen LogP contribution in [-0.2, 0) is 14.2 Å². The van der Waals surface area contributed by atoms with Gasteiger partial charge in [-0.25, -0.2) is 19.2 Å². The Kier molecular flexibility index (Phi) is 25.3. The Morgan fingerprint density at radius 3 is 1.04 bits per heavy atom. The molecule has 0 saturated carbocycles. The molecule has 0 amide bonds. The van der Waals surface area contributed by atoms with Gasteiger partial charge >= 0.3 is 23.9 Å². The van der Waals surface area contributed by atoms with Gasteiger partial charge in [-0.3, -0.25) is 0 Å². The van der Waals surface area contributed by atoms with Crippen LogP contribution < -0.4 is 0 Å². The average Bonchev–Trinajstić information content (AvgIpc) is 3.20. The maximum absolute atomic E-state index is 11.8. The normalized spacial score (nSPS) is 11.1. The maximum atomic E-state index is 11.8. The van der Waals surface area contributed by atoms with Crippen LogP contribution in [0.3, 0.4) is 0 Å². The molecule has 0 saturated heterocycles. The number of carbonyl (C=O) groups excluding carboxylic acids is 3. The van der Waals surface area contributed by atoms with Gasteiger partial charge in [-0.2, -0.15) is 0 Å². The predicted molar refractivity (Wildman–Crippen MR) is 216 cm³/mol. The summed E-state index contributed by atoms with van der Waals surface area (Å²) >= 11 is 0. The number of ether oxygens (including phenoxy) is 3. The fraction of sp³-hybridized carbons (Fsp3) is 0.391. The summed E-state index contributed by atoms with van der Waals surface area (Å²) in [6.45, 7) is 12.4. The van der Waals surface area contributed by atoms with Crippen molar-refractivity contribution in [3.63, 3.8) is 0 Å². The number of carboxylic acids is 1. The van der Waals surface area contributed by atoms with Crippen molar-refractivity contribution < 1.29 is 38.5 Å². The Labute approximate surface area is 322 Å². The molecule has 0 aliphatic rings. The van der Waals surface area contributed by atoms with Gasteiger partial charge in [0.2, 0.25) is 0 Å². The molecule has 0 aromatic heterocycles. The molecule has 0 heterocycles. The molecule has 4 aromatic rings. The SMILES string of the molecule is CCCC(C)OC(=O)c1ccccc1.CCCC(CC)OC(=O)c1ccccc1.CCCC(CCC)OC(=O)c1ccccc1.O=C(O)c1ccccc1. The summed E-state index contributed by atoms with van der Waals surface area (Å²) in [7, 11) is 0. The van der Waals surface area contributed by atoms with Crippen LogP contribution >= 0.6 is 0 Å². The fourth-order valence-corrected chi connectivity index (χ4v) is 5.03. The topological polar surface area (TPSA) is 116 Å². The molecule has 292 valence electrons. The summed E-state index contributed by atoms with van der Waals surface area (Å²) in [6, 6.07) is 35.7. The molecule has 0 spiro atoms. The van der Waals surface area contributed by atoms with Crippen molar-refractivity contribution in [3.8, 4) is 0 Å². The number of hydrogen-bond donors (Lipinski definition) is 1. The highest BCUT2D eigenvalue weighted by Crippen LogP contribution is 2.13. The first kappa shape index (κ1) is 46.8. The van der Waals surface area contributed by atoms with E-state index in [0.717, 1.165) is 57.8 Å². The fourth-order valence-electron chi connectivity index (χ4n) is 5.03. The number of hydrogen-bond acceptors (Lipinski definition) is 7. The van der Waals surface area contributed by atoms with Gasteiger partial charge in [0, 0.05) is 0 Å². The maximum Gasteiger partial charge on any atom is 0.338 e. The van der Waals surface area contributed by atoms with E-state index in [-0.39, 0.29) is 36.2 Å². The predicted octanol–water partition coefficient (Wildman–Crippen LogP) is 11.7. The second kappa shape index (κ2) is 29.2. The first-order valence-electron chi connectivity index (χ1n) is 19.2. The number of esters is 3. The molecular formula is C46H60O8. The van der Waals surface area contributed by atoms with Crippen molar-refractivity contribution in [3.05, 3.63) is 144 Å². The summed E-state index contributed by atoms with van der Waals surface area (Å²) < 4.78 is 16.1. The van der Waals surface area contributed by atoms with Gasteiger partial charge in [-0.1, -0.05) is 133 Å². The van der Waals surface area contributed by atoms with Crippen LogP contribution in [0.5, 0.6) is 0 Å². The Hall–Kier alpha value is -5.24. The van der Waals surface area contributed by atoms with Crippen molar-refractivity contribution >= 4 is 23.9 Å². The van der Waals surface area contributed by atoms with Crippen LogP contribution in [0, 0.1) is 0 Å². The highest BCUT2D eigenvalue weighted by atomic mass is 16.6. The molecule has 0 aliphatic carbocycles. The highest BCUT2D eigenvalue weighted by Gasteiger charge is 2.15. The van der Waals surface area contributed by atoms with Crippen molar-refractivity contribution in [1.29, 1.82) is 0 Å². The van der Waals surface area contributed by atoms with Gasteiger partial charge in [0.25, 0.3) is 0 Å². The van der Waals surface area contributed by atoms with E-state index in [9.17, 15) is 19.2 Å². The van der Waals surface area contributed by atoms with E-state index in [0.29, 0.717) is 22.3 Å². The van der Waals surface area contributed by atoms with Crippen molar-refractivity contribution in [1.82, 2.24) is 0 Å². The zero-order valence-electron chi connectivity index (χ0n) is 32.9. The Bertz CT molecular complexity index is 1550. The van der Waals surface area contributed by atoms with Crippen LogP contribution in [0.15, 0.2) is 121 Å². The molecule has 0 aliphatic heterocycles. The summed E-state index contributed by atoms with van der Waals surface area (Å²) in [4.78, 5) is 45.2. The van der Waals surface area contributed by atoms with Crippen LogP contribution in [0.25, 0.3) is 0 Å². The smallest absolute Gasteiger partial charge is 0.338 e. The van der Waals surface area contributed by atoms with Gasteiger partial charge in [0.1, 0.15) is 12.2 Å². The largest absolute Gasteiger partial charge is 0.478 e. The molecule has 0 fully saturated rings. The molecule has 8 nitrogen and oxygen atoms in total. The second-order valence-corrected chi connectivity index (χ2v) is 12.6. The number of carboxylic acid groups (broad SMARTS) is 1. The molecule has 4 rings (SSSR count). The summed E-state index contributed by atoms with van der Waals surface area (Å²) in [5.74, 6) is -1.52.